The van der Waals surface area contributed by atoms with E-state index >= 15 is 0 Å². The van der Waals surface area contributed by atoms with E-state index in [-0.39, 0.29) is 18.3 Å². The fraction of sp³-hybridized carbons (Fsp3) is 0.240. The lowest BCUT2D eigenvalue weighted by Crippen LogP contribution is -2.45. The lowest BCUT2D eigenvalue weighted by Gasteiger charge is -2.29. The number of anilines is 1. The Labute approximate surface area is 198 Å². The average Bonchev–Trinajstić information content (AvgIpc) is 2.73. The van der Waals surface area contributed by atoms with Gasteiger partial charge in [0.15, 0.2) is 5.11 Å². The van der Waals surface area contributed by atoms with E-state index in [0.29, 0.717) is 21.9 Å². The quantitative estimate of drug-likeness (QED) is 0.292. The number of nitrogens with one attached hydrogen (secondary N) is 3. The van der Waals surface area contributed by atoms with Crippen LogP contribution in [0.5, 0.6) is 5.75 Å². The third kappa shape index (κ3) is 5.98. The summed E-state index contributed by atoms with van der Waals surface area (Å²) in [6.45, 7) is 7.55. The first-order valence-electron chi connectivity index (χ1n) is 10.5. The molecule has 1 heterocycles. The number of aromatic hydroxyl groups is 1. The van der Waals surface area contributed by atoms with Crippen LogP contribution in [0.2, 0.25) is 0 Å². The Bertz CT molecular complexity index is 1150. The molecule has 172 valence electrons. The number of esters is 1. The molecule has 0 saturated carbocycles. The number of phenolic OH excluding ortho intramolecular Hbond substituents is 1. The summed E-state index contributed by atoms with van der Waals surface area (Å²) in [4.78, 5) is 25.1. The minimum Gasteiger partial charge on any atom is -0.508 e. The van der Waals surface area contributed by atoms with Crippen molar-refractivity contribution < 1.29 is 19.4 Å². The van der Waals surface area contributed by atoms with Gasteiger partial charge in [0.25, 0.3) is 0 Å². The predicted molar refractivity (Wildman–Crippen MR) is 132 cm³/mol. The normalized spacial score (nSPS) is 15.8. The number of carbonyl (C=O) groups excluding carboxylic acids is 2. The number of rotatable bonds is 6. The van der Waals surface area contributed by atoms with E-state index in [4.69, 9.17) is 17.0 Å². The Hall–Kier alpha value is -3.65. The van der Waals surface area contributed by atoms with E-state index in [2.05, 4.69) is 16.0 Å². The number of hydrogen-bond donors (Lipinski definition) is 4. The minimum absolute atomic E-state index is 0.0773. The zero-order valence-electron chi connectivity index (χ0n) is 19.0. The summed E-state index contributed by atoms with van der Waals surface area (Å²) in [6.07, 6.45) is 2.83. The Morgan fingerprint density at radius 2 is 1.85 bits per heavy atom. The summed E-state index contributed by atoms with van der Waals surface area (Å²) in [7, 11) is 0. The zero-order chi connectivity index (χ0) is 24.1. The lowest BCUT2D eigenvalue weighted by atomic mass is 9.95. The van der Waals surface area contributed by atoms with E-state index in [0.717, 1.165) is 22.4 Å². The summed E-state index contributed by atoms with van der Waals surface area (Å²) in [5.41, 5.74) is 5.45. The van der Waals surface area contributed by atoms with Crippen molar-refractivity contribution in [1.82, 2.24) is 10.6 Å². The van der Waals surface area contributed by atoms with Crippen molar-refractivity contribution in [3.8, 4) is 5.75 Å². The smallest absolute Gasteiger partial charge is 0.338 e. The molecule has 0 radical (unpaired) electrons. The van der Waals surface area contributed by atoms with Crippen molar-refractivity contribution >= 4 is 34.9 Å². The molecule has 1 unspecified atom stereocenters. The number of benzene rings is 2. The number of carbonyl (C=O) groups is 2. The highest BCUT2D eigenvalue weighted by atomic mass is 32.1. The van der Waals surface area contributed by atoms with Gasteiger partial charge in [-0.15, -0.1) is 0 Å². The van der Waals surface area contributed by atoms with E-state index in [1.807, 2.05) is 32.9 Å². The predicted octanol–water partition coefficient (Wildman–Crippen LogP) is 3.85. The Balaban J connectivity index is 1.65. The Morgan fingerprint density at radius 3 is 2.52 bits per heavy atom. The number of allylic oxidation sites excluding steroid dienone is 1. The maximum atomic E-state index is 12.8. The number of aryl methyl sites for hydroxylation is 3. The first-order chi connectivity index (χ1) is 15.7. The third-order valence-corrected chi connectivity index (χ3v) is 5.42. The largest absolute Gasteiger partial charge is 0.508 e. The Morgan fingerprint density at radius 1 is 1.15 bits per heavy atom. The van der Waals surface area contributed by atoms with Crippen LogP contribution in [0.25, 0.3) is 0 Å². The molecule has 4 N–H and O–H groups in total. The van der Waals surface area contributed by atoms with Gasteiger partial charge in [0, 0.05) is 17.5 Å². The average molecular weight is 466 g/mol. The van der Waals surface area contributed by atoms with Gasteiger partial charge < -0.3 is 25.8 Å². The molecular weight excluding hydrogens is 438 g/mol. The number of amides is 1. The first-order valence-corrected chi connectivity index (χ1v) is 10.9. The van der Waals surface area contributed by atoms with Crippen LogP contribution < -0.4 is 16.0 Å². The highest BCUT2D eigenvalue weighted by molar-refractivity contribution is 7.80. The van der Waals surface area contributed by atoms with Gasteiger partial charge in [-0.2, -0.15) is 0 Å². The zero-order valence-corrected chi connectivity index (χ0v) is 19.8. The van der Waals surface area contributed by atoms with Gasteiger partial charge in [0.1, 0.15) is 12.4 Å². The molecule has 8 heteroatoms. The molecular formula is C25H27N3O4S. The van der Waals surface area contributed by atoms with Crippen LogP contribution in [0.3, 0.4) is 0 Å². The van der Waals surface area contributed by atoms with Gasteiger partial charge in [0.2, 0.25) is 5.91 Å². The number of ether oxygens (including phenoxy) is 1. The molecule has 0 aliphatic carbocycles. The van der Waals surface area contributed by atoms with Crippen molar-refractivity contribution in [2.75, 3.05) is 11.9 Å². The lowest BCUT2D eigenvalue weighted by molar-refractivity contribution is -0.138. The van der Waals surface area contributed by atoms with Crippen LogP contribution >= 0.6 is 12.2 Å². The van der Waals surface area contributed by atoms with Crippen LogP contribution in [0.4, 0.5) is 5.69 Å². The third-order valence-electron chi connectivity index (χ3n) is 5.20. The molecule has 0 bridgehead atoms. The van der Waals surface area contributed by atoms with Crippen molar-refractivity contribution in [1.29, 1.82) is 0 Å². The first kappa shape index (κ1) is 24.0. The number of thiocarbonyl (C=S) groups is 1. The second-order valence-electron chi connectivity index (χ2n) is 7.93. The molecule has 0 saturated heterocycles. The van der Waals surface area contributed by atoms with E-state index in [9.17, 15) is 14.7 Å². The maximum absolute atomic E-state index is 12.8. The van der Waals surface area contributed by atoms with E-state index in [1.54, 1.807) is 31.2 Å². The van der Waals surface area contributed by atoms with Crippen LogP contribution in [-0.4, -0.2) is 28.7 Å². The molecule has 0 fully saturated rings. The summed E-state index contributed by atoms with van der Waals surface area (Å²) in [5, 5.41) is 19.0. The summed E-state index contributed by atoms with van der Waals surface area (Å²) in [5.74, 6) is -0.781. The topological polar surface area (TPSA) is 99.7 Å². The van der Waals surface area contributed by atoms with Crippen LogP contribution in [0.1, 0.15) is 35.2 Å². The highest BCUT2D eigenvalue weighted by Crippen LogP contribution is 2.29. The van der Waals surface area contributed by atoms with E-state index < -0.39 is 12.0 Å². The van der Waals surface area contributed by atoms with Crippen molar-refractivity contribution in [2.24, 2.45) is 0 Å². The van der Waals surface area contributed by atoms with Crippen molar-refractivity contribution in [3.05, 3.63) is 82.1 Å². The molecule has 1 aliphatic rings. The minimum atomic E-state index is -0.571. The second-order valence-corrected chi connectivity index (χ2v) is 8.34. The van der Waals surface area contributed by atoms with E-state index in [1.165, 1.54) is 12.2 Å². The molecule has 1 atom stereocenters. The molecule has 0 aromatic heterocycles. The fourth-order valence-electron chi connectivity index (χ4n) is 3.82. The van der Waals surface area contributed by atoms with Gasteiger partial charge in [-0.05, 0) is 74.8 Å². The molecule has 2 aromatic carbocycles. The number of phenols is 1. The summed E-state index contributed by atoms with van der Waals surface area (Å²) >= 11 is 5.22. The molecule has 2 aromatic rings. The van der Waals surface area contributed by atoms with Crippen LogP contribution in [-0.2, 0) is 14.3 Å². The van der Waals surface area contributed by atoms with Gasteiger partial charge in [-0.1, -0.05) is 29.8 Å². The Kier molecular flexibility index (Phi) is 7.50. The monoisotopic (exact) mass is 465 g/mol. The van der Waals surface area contributed by atoms with Gasteiger partial charge in [-0.3, -0.25) is 4.79 Å². The van der Waals surface area contributed by atoms with Crippen molar-refractivity contribution in [2.45, 2.75) is 33.7 Å². The standard InChI is InChI=1S/C25H27N3O4S/c1-14-11-15(2)22(16(3)12-14)27-20(30)9-6-10-32-24(31)21-17(4)26-25(33)28-23(21)18-7-5-8-19(29)13-18/h5-9,11-13,23,29H,10H2,1-4H3,(H,27,30)(H2,26,28,33)/b9-6+. The molecule has 3 rings (SSSR count). The van der Waals surface area contributed by atoms with Gasteiger partial charge in [-0.25, -0.2) is 4.79 Å². The molecule has 1 aliphatic heterocycles. The fourth-order valence-corrected chi connectivity index (χ4v) is 4.09. The number of hydrogen-bond acceptors (Lipinski definition) is 5. The highest BCUT2D eigenvalue weighted by Gasteiger charge is 2.31. The maximum Gasteiger partial charge on any atom is 0.338 e. The van der Waals surface area contributed by atoms with Crippen LogP contribution in [0, 0.1) is 20.8 Å². The summed E-state index contributed by atoms with van der Waals surface area (Å²) < 4.78 is 5.38. The summed E-state index contributed by atoms with van der Waals surface area (Å²) in [6, 6.07) is 10.0. The SMILES string of the molecule is CC1=C(C(=O)OC/C=C/C(=O)Nc2c(C)cc(C)cc2C)C(c2cccc(O)c2)NC(=S)N1. The van der Waals surface area contributed by atoms with Crippen LogP contribution in [0.15, 0.2) is 59.8 Å². The van der Waals surface area contributed by atoms with Gasteiger partial charge >= 0.3 is 5.97 Å². The molecule has 1 amide bonds. The molecule has 7 nitrogen and oxygen atoms in total. The van der Waals surface area contributed by atoms with Crippen molar-refractivity contribution in [3.63, 3.8) is 0 Å². The molecule has 33 heavy (non-hydrogen) atoms. The second kappa shape index (κ2) is 10.3. The van der Waals surface area contributed by atoms with Gasteiger partial charge in [0.05, 0.1) is 11.6 Å². The molecule has 0 spiro atoms.